The Bertz CT molecular complexity index is 531. The van der Waals surface area contributed by atoms with E-state index in [9.17, 15) is 0 Å². The standard InChI is InChI=1S/C14H16BrNO3/c1-9(13-4-5-14(15)19-13)16-10-6-11(17-2)8-12(7-10)18-3/h4-9,16H,1-3H3. The average Bonchev–Trinajstić information content (AvgIpc) is 2.85. The zero-order chi connectivity index (χ0) is 13.8. The second kappa shape index (κ2) is 6.02. The van der Waals surface area contributed by atoms with E-state index in [1.165, 1.54) is 0 Å². The maximum atomic E-state index is 5.52. The number of hydrogen-bond acceptors (Lipinski definition) is 4. The fraction of sp³-hybridized carbons (Fsp3) is 0.286. The first-order valence-electron chi connectivity index (χ1n) is 5.87. The first kappa shape index (κ1) is 13.8. The number of methoxy groups -OCH3 is 2. The Labute approximate surface area is 120 Å². The Morgan fingerprint density at radius 2 is 1.74 bits per heavy atom. The van der Waals surface area contributed by atoms with E-state index in [4.69, 9.17) is 13.9 Å². The monoisotopic (exact) mass is 325 g/mol. The number of anilines is 1. The van der Waals surface area contributed by atoms with Crippen LogP contribution < -0.4 is 14.8 Å². The molecule has 0 aliphatic rings. The third kappa shape index (κ3) is 3.44. The van der Waals surface area contributed by atoms with Crippen molar-refractivity contribution in [2.24, 2.45) is 0 Å². The van der Waals surface area contributed by atoms with Crippen molar-refractivity contribution >= 4 is 21.6 Å². The maximum absolute atomic E-state index is 5.52. The zero-order valence-corrected chi connectivity index (χ0v) is 12.7. The lowest BCUT2D eigenvalue weighted by Gasteiger charge is -2.15. The van der Waals surface area contributed by atoms with Gasteiger partial charge in [0.25, 0.3) is 0 Å². The summed E-state index contributed by atoms with van der Waals surface area (Å²) >= 11 is 3.30. The van der Waals surface area contributed by atoms with Gasteiger partial charge in [0.15, 0.2) is 4.67 Å². The van der Waals surface area contributed by atoms with Crippen molar-refractivity contribution in [2.75, 3.05) is 19.5 Å². The highest BCUT2D eigenvalue weighted by atomic mass is 79.9. The number of ether oxygens (including phenoxy) is 2. The van der Waals surface area contributed by atoms with Gasteiger partial charge in [0.05, 0.1) is 20.3 Å². The number of halogens is 1. The van der Waals surface area contributed by atoms with Gasteiger partial charge in [0, 0.05) is 23.9 Å². The molecule has 19 heavy (non-hydrogen) atoms. The van der Waals surface area contributed by atoms with Crippen LogP contribution in [0.3, 0.4) is 0 Å². The molecule has 2 rings (SSSR count). The SMILES string of the molecule is COc1cc(NC(C)c2ccc(Br)o2)cc(OC)c1. The van der Waals surface area contributed by atoms with E-state index in [0.717, 1.165) is 27.6 Å². The molecule has 1 unspecified atom stereocenters. The molecule has 0 fully saturated rings. The van der Waals surface area contributed by atoms with Gasteiger partial charge in [0.2, 0.25) is 0 Å². The Morgan fingerprint density at radius 3 is 2.21 bits per heavy atom. The molecule has 0 bridgehead atoms. The Morgan fingerprint density at radius 1 is 1.11 bits per heavy atom. The maximum Gasteiger partial charge on any atom is 0.169 e. The van der Waals surface area contributed by atoms with Crippen LogP contribution in [0.25, 0.3) is 0 Å². The topological polar surface area (TPSA) is 43.6 Å². The fourth-order valence-electron chi connectivity index (χ4n) is 1.77. The summed E-state index contributed by atoms with van der Waals surface area (Å²) in [4.78, 5) is 0. The summed E-state index contributed by atoms with van der Waals surface area (Å²) in [5, 5.41) is 3.35. The number of furan rings is 1. The van der Waals surface area contributed by atoms with Crippen LogP contribution >= 0.6 is 15.9 Å². The lowest BCUT2D eigenvalue weighted by molar-refractivity contribution is 0.394. The number of hydrogen-bond donors (Lipinski definition) is 1. The van der Waals surface area contributed by atoms with Crippen LogP contribution in [-0.4, -0.2) is 14.2 Å². The minimum absolute atomic E-state index is 0.0445. The summed E-state index contributed by atoms with van der Waals surface area (Å²) in [6.07, 6.45) is 0. The molecule has 1 aromatic heterocycles. The molecule has 0 aliphatic heterocycles. The van der Waals surface area contributed by atoms with Crippen LogP contribution in [0.15, 0.2) is 39.4 Å². The van der Waals surface area contributed by atoms with Crippen molar-refractivity contribution in [3.05, 3.63) is 40.8 Å². The van der Waals surface area contributed by atoms with E-state index in [2.05, 4.69) is 21.2 Å². The van der Waals surface area contributed by atoms with Crippen LogP contribution in [0.4, 0.5) is 5.69 Å². The molecule has 0 saturated carbocycles. The highest BCUT2D eigenvalue weighted by Crippen LogP contribution is 2.29. The lowest BCUT2D eigenvalue weighted by Crippen LogP contribution is -2.05. The van der Waals surface area contributed by atoms with Gasteiger partial charge in [-0.2, -0.15) is 0 Å². The Hall–Kier alpha value is -1.62. The molecular formula is C14H16BrNO3. The highest BCUT2D eigenvalue weighted by molar-refractivity contribution is 9.10. The van der Waals surface area contributed by atoms with Crippen LogP contribution in [0.2, 0.25) is 0 Å². The van der Waals surface area contributed by atoms with Crippen molar-refractivity contribution in [2.45, 2.75) is 13.0 Å². The van der Waals surface area contributed by atoms with Crippen molar-refractivity contribution < 1.29 is 13.9 Å². The molecule has 1 aromatic carbocycles. The molecule has 0 saturated heterocycles. The zero-order valence-electron chi connectivity index (χ0n) is 11.1. The third-order valence-electron chi connectivity index (χ3n) is 2.76. The van der Waals surface area contributed by atoms with E-state index in [1.807, 2.05) is 37.3 Å². The molecule has 1 N–H and O–H groups in total. The Balaban J connectivity index is 2.18. The van der Waals surface area contributed by atoms with Gasteiger partial charge in [-0.05, 0) is 35.0 Å². The minimum Gasteiger partial charge on any atom is -0.497 e. The molecule has 2 aromatic rings. The molecule has 0 amide bonds. The van der Waals surface area contributed by atoms with Gasteiger partial charge in [-0.15, -0.1) is 0 Å². The molecule has 1 atom stereocenters. The van der Waals surface area contributed by atoms with Crippen molar-refractivity contribution in [1.29, 1.82) is 0 Å². The van der Waals surface area contributed by atoms with Gasteiger partial charge in [0.1, 0.15) is 17.3 Å². The predicted octanol–water partition coefficient (Wildman–Crippen LogP) is 4.23. The van der Waals surface area contributed by atoms with Crippen molar-refractivity contribution in [1.82, 2.24) is 0 Å². The number of nitrogens with one attached hydrogen (secondary N) is 1. The van der Waals surface area contributed by atoms with Crippen LogP contribution in [0, 0.1) is 0 Å². The molecule has 0 spiro atoms. The van der Waals surface area contributed by atoms with Crippen LogP contribution in [0.5, 0.6) is 11.5 Å². The second-order valence-electron chi connectivity index (χ2n) is 4.11. The van der Waals surface area contributed by atoms with Gasteiger partial charge in [-0.25, -0.2) is 0 Å². The largest absolute Gasteiger partial charge is 0.497 e. The molecular weight excluding hydrogens is 310 g/mol. The van der Waals surface area contributed by atoms with Crippen LogP contribution in [0.1, 0.15) is 18.7 Å². The van der Waals surface area contributed by atoms with E-state index < -0.39 is 0 Å². The molecule has 102 valence electrons. The summed E-state index contributed by atoms with van der Waals surface area (Å²) < 4.78 is 16.7. The Kier molecular flexibility index (Phi) is 4.37. The van der Waals surface area contributed by atoms with Crippen molar-refractivity contribution in [3.63, 3.8) is 0 Å². The van der Waals surface area contributed by atoms with E-state index >= 15 is 0 Å². The summed E-state index contributed by atoms with van der Waals surface area (Å²) in [5.74, 6) is 2.35. The summed E-state index contributed by atoms with van der Waals surface area (Å²) in [7, 11) is 3.26. The molecule has 1 heterocycles. The minimum atomic E-state index is 0.0445. The van der Waals surface area contributed by atoms with Gasteiger partial charge < -0.3 is 19.2 Å². The third-order valence-corrected chi connectivity index (χ3v) is 3.18. The second-order valence-corrected chi connectivity index (χ2v) is 4.89. The number of rotatable bonds is 5. The molecule has 5 heteroatoms. The molecule has 4 nitrogen and oxygen atoms in total. The van der Waals surface area contributed by atoms with E-state index in [1.54, 1.807) is 14.2 Å². The number of benzene rings is 1. The average molecular weight is 326 g/mol. The first-order chi connectivity index (χ1) is 9.12. The summed E-state index contributed by atoms with van der Waals surface area (Å²) in [6.45, 7) is 2.03. The predicted molar refractivity (Wildman–Crippen MR) is 78.0 cm³/mol. The van der Waals surface area contributed by atoms with Crippen LogP contribution in [-0.2, 0) is 0 Å². The normalized spacial score (nSPS) is 12.0. The smallest absolute Gasteiger partial charge is 0.169 e. The molecule has 0 aliphatic carbocycles. The molecule has 0 radical (unpaired) electrons. The lowest BCUT2D eigenvalue weighted by atomic mass is 10.2. The fourth-order valence-corrected chi connectivity index (χ4v) is 2.09. The van der Waals surface area contributed by atoms with E-state index in [-0.39, 0.29) is 6.04 Å². The summed E-state index contributed by atoms with van der Waals surface area (Å²) in [5.41, 5.74) is 0.913. The van der Waals surface area contributed by atoms with Gasteiger partial charge in [-0.3, -0.25) is 0 Å². The van der Waals surface area contributed by atoms with E-state index in [0.29, 0.717) is 0 Å². The van der Waals surface area contributed by atoms with Gasteiger partial charge in [-0.1, -0.05) is 0 Å². The quantitative estimate of drug-likeness (QED) is 0.893. The van der Waals surface area contributed by atoms with Gasteiger partial charge >= 0.3 is 0 Å². The first-order valence-corrected chi connectivity index (χ1v) is 6.66. The van der Waals surface area contributed by atoms with Crippen molar-refractivity contribution in [3.8, 4) is 11.5 Å². The highest BCUT2D eigenvalue weighted by Gasteiger charge is 2.11. The summed E-state index contributed by atoms with van der Waals surface area (Å²) in [6, 6.07) is 9.51.